The van der Waals surface area contributed by atoms with Crippen molar-refractivity contribution in [2.24, 2.45) is 5.92 Å². The van der Waals surface area contributed by atoms with E-state index in [1.165, 1.54) is 0 Å². The number of nitrogens with one attached hydrogen (secondary N) is 1. The molecule has 3 N–H and O–H groups in total. The third-order valence-corrected chi connectivity index (χ3v) is 4.37. The van der Waals surface area contributed by atoms with E-state index in [9.17, 15) is 23.4 Å². The third-order valence-electron chi connectivity index (χ3n) is 4.37. The van der Waals surface area contributed by atoms with Gasteiger partial charge in [-0.15, -0.1) is 0 Å². The molecule has 1 aliphatic heterocycles. The average molecular weight is 287 g/mol. The van der Waals surface area contributed by atoms with E-state index in [0.717, 1.165) is 12.1 Å². The van der Waals surface area contributed by atoms with E-state index in [1.807, 2.05) is 0 Å². The summed E-state index contributed by atoms with van der Waals surface area (Å²) in [7, 11) is 0. The van der Waals surface area contributed by atoms with Crippen LogP contribution in [0.2, 0.25) is 0 Å². The molecule has 110 valence electrons. The van der Waals surface area contributed by atoms with Crippen molar-refractivity contribution in [3.63, 3.8) is 0 Å². The summed E-state index contributed by atoms with van der Waals surface area (Å²) in [5.74, 6) is -2.62. The van der Waals surface area contributed by atoms with Gasteiger partial charge in [0.1, 0.15) is 17.8 Å². The van der Waals surface area contributed by atoms with Crippen LogP contribution < -0.4 is 5.32 Å². The number of β-amino-alcohol motifs (C(OH)–C–C–N with tert-alkyl or cyclic N) is 1. The zero-order valence-electron chi connectivity index (χ0n) is 10.7. The first-order chi connectivity index (χ1) is 9.43. The molecule has 0 amide bonds. The SMILES string of the molecule is O[C@@H]1[C@@H]([C@@H](F)c2cc(F)cc(F)c2)C2(CC2)NC[C@H]1O. The van der Waals surface area contributed by atoms with Gasteiger partial charge in [-0.05, 0) is 30.5 Å². The Balaban J connectivity index is 1.93. The maximum Gasteiger partial charge on any atom is 0.132 e. The predicted octanol–water partition coefficient (Wildman–Crippen LogP) is 1.45. The number of piperidine rings is 1. The van der Waals surface area contributed by atoms with Crippen LogP contribution in [0.25, 0.3) is 0 Å². The lowest BCUT2D eigenvalue weighted by Crippen LogP contribution is -2.59. The van der Waals surface area contributed by atoms with Crippen molar-refractivity contribution < 1.29 is 23.4 Å². The molecule has 2 aliphatic rings. The summed E-state index contributed by atoms with van der Waals surface area (Å²) in [4.78, 5) is 0. The lowest BCUT2D eigenvalue weighted by atomic mass is 9.78. The second-order valence-corrected chi connectivity index (χ2v) is 5.73. The molecule has 1 aromatic rings. The molecular formula is C14H16F3NO2. The molecule has 2 fully saturated rings. The van der Waals surface area contributed by atoms with Crippen molar-refractivity contribution in [3.05, 3.63) is 35.4 Å². The number of alkyl halides is 1. The van der Waals surface area contributed by atoms with Crippen molar-refractivity contribution in [1.82, 2.24) is 5.32 Å². The van der Waals surface area contributed by atoms with Crippen molar-refractivity contribution >= 4 is 0 Å². The van der Waals surface area contributed by atoms with Crippen molar-refractivity contribution in [2.45, 2.75) is 36.8 Å². The Hall–Kier alpha value is -1.11. The minimum atomic E-state index is -1.74. The number of aliphatic hydroxyl groups is 2. The van der Waals surface area contributed by atoms with Crippen LogP contribution in [-0.2, 0) is 0 Å². The number of halogens is 3. The second-order valence-electron chi connectivity index (χ2n) is 5.73. The average Bonchev–Trinajstić information content (AvgIpc) is 3.14. The van der Waals surface area contributed by atoms with Crippen LogP contribution in [-0.4, -0.2) is 34.5 Å². The number of rotatable bonds is 2. The van der Waals surface area contributed by atoms with Crippen LogP contribution in [0.3, 0.4) is 0 Å². The second kappa shape index (κ2) is 4.72. The lowest BCUT2D eigenvalue weighted by Gasteiger charge is -2.41. The highest BCUT2D eigenvalue weighted by Crippen LogP contribution is 2.52. The smallest absolute Gasteiger partial charge is 0.132 e. The van der Waals surface area contributed by atoms with Crippen LogP contribution in [0.15, 0.2) is 18.2 Å². The summed E-state index contributed by atoms with van der Waals surface area (Å²) in [5, 5.41) is 22.8. The standard InChI is InChI=1S/C14H16F3NO2/c15-8-3-7(4-9(16)5-8)12(17)11-13(20)10(19)6-18-14(11)1-2-14/h3-5,10-13,18-20H,1-2,6H2/t10-,11-,12+,13+/m1/s1. The first kappa shape index (κ1) is 13.9. The quantitative estimate of drug-likeness (QED) is 0.771. The van der Waals surface area contributed by atoms with E-state index in [2.05, 4.69) is 5.32 Å². The molecule has 1 aromatic carbocycles. The van der Waals surface area contributed by atoms with Crippen molar-refractivity contribution in [2.75, 3.05) is 6.54 Å². The van der Waals surface area contributed by atoms with Crippen molar-refractivity contribution in [3.8, 4) is 0 Å². The highest BCUT2D eigenvalue weighted by atomic mass is 19.1. The van der Waals surface area contributed by atoms with Gasteiger partial charge in [-0.3, -0.25) is 0 Å². The van der Waals surface area contributed by atoms with E-state index < -0.39 is 41.5 Å². The Kier molecular flexibility index (Phi) is 3.27. The van der Waals surface area contributed by atoms with Crippen LogP contribution in [0.4, 0.5) is 13.2 Å². The predicted molar refractivity (Wildman–Crippen MR) is 65.7 cm³/mol. The molecule has 4 atom stereocenters. The number of aliphatic hydroxyl groups excluding tert-OH is 2. The van der Waals surface area contributed by atoms with Gasteiger partial charge >= 0.3 is 0 Å². The summed E-state index contributed by atoms with van der Waals surface area (Å²) >= 11 is 0. The molecule has 1 aliphatic carbocycles. The van der Waals surface area contributed by atoms with Gasteiger partial charge in [0.15, 0.2) is 0 Å². The molecule has 0 bridgehead atoms. The fourth-order valence-electron chi connectivity index (χ4n) is 3.15. The van der Waals surface area contributed by atoms with Gasteiger partial charge in [0.05, 0.1) is 12.2 Å². The summed E-state index contributed by atoms with van der Waals surface area (Å²) in [6, 6.07) is 2.53. The maximum atomic E-state index is 14.7. The molecule has 3 rings (SSSR count). The number of hydrogen-bond acceptors (Lipinski definition) is 3. The zero-order valence-corrected chi connectivity index (χ0v) is 10.7. The molecule has 3 nitrogen and oxygen atoms in total. The molecule has 0 unspecified atom stereocenters. The molecule has 6 heteroatoms. The summed E-state index contributed by atoms with van der Waals surface area (Å²) in [5.41, 5.74) is -0.713. The van der Waals surface area contributed by atoms with Crippen molar-refractivity contribution in [1.29, 1.82) is 0 Å². The summed E-state index contributed by atoms with van der Waals surface area (Å²) < 4.78 is 41.1. The van der Waals surface area contributed by atoms with Gasteiger partial charge in [0.2, 0.25) is 0 Å². The minimum Gasteiger partial charge on any atom is -0.390 e. The molecule has 1 saturated heterocycles. The number of hydrogen-bond donors (Lipinski definition) is 3. The Labute approximate surface area is 114 Å². The number of benzene rings is 1. The Bertz CT molecular complexity index is 501. The van der Waals surface area contributed by atoms with Crippen LogP contribution in [0.1, 0.15) is 24.6 Å². The van der Waals surface area contributed by atoms with E-state index in [1.54, 1.807) is 0 Å². The molecule has 1 spiro atoms. The fraction of sp³-hybridized carbons (Fsp3) is 0.571. The van der Waals surface area contributed by atoms with E-state index in [4.69, 9.17) is 0 Å². The first-order valence-electron chi connectivity index (χ1n) is 6.64. The topological polar surface area (TPSA) is 52.5 Å². The molecular weight excluding hydrogens is 271 g/mol. The van der Waals surface area contributed by atoms with Gasteiger partial charge in [-0.1, -0.05) is 0 Å². The normalized spacial score (nSPS) is 33.1. The molecule has 1 saturated carbocycles. The molecule has 0 aromatic heterocycles. The molecule has 0 radical (unpaired) electrons. The third kappa shape index (κ3) is 2.21. The fourth-order valence-corrected chi connectivity index (χ4v) is 3.15. The Morgan fingerprint density at radius 2 is 1.75 bits per heavy atom. The van der Waals surface area contributed by atoms with Crippen LogP contribution in [0, 0.1) is 17.6 Å². The van der Waals surface area contributed by atoms with E-state index in [0.29, 0.717) is 18.9 Å². The largest absolute Gasteiger partial charge is 0.390 e. The van der Waals surface area contributed by atoms with Crippen LogP contribution >= 0.6 is 0 Å². The molecule has 20 heavy (non-hydrogen) atoms. The maximum absolute atomic E-state index is 14.7. The highest BCUT2D eigenvalue weighted by molar-refractivity contribution is 5.25. The van der Waals surface area contributed by atoms with Gasteiger partial charge in [0, 0.05) is 24.1 Å². The monoisotopic (exact) mass is 287 g/mol. The van der Waals surface area contributed by atoms with E-state index in [-0.39, 0.29) is 12.1 Å². The zero-order chi connectivity index (χ0) is 14.5. The summed E-state index contributed by atoms with van der Waals surface area (Å²) in [6.45, 7) is 0.196. The van der Waals surface area contributed by atoms with E-state index >= 15 is 0 Å². The Morgan fingerprint density at radius 3 is 2.30 bits per heavy atom. The minimum absolute atomic E-state index is 0.145. The molecule has 1 heterocycles. The van der Waals surface area contributed by atoms with Gasteiger partial charge in [-0.2, -0.15) is 0 Å². The van der Waals surface area contributed by atoms with Gasteiger partial charge in [-0.25, -0.2) is 13.2 Å². The lowest BCUT2D eigenvalue weighted by molar-refractivity contribution is -0.0822. The Morgan fingerprint density at radius 1 is 1.15 bits per heavy atom. The summed E-state index contributed by atoms with van der Waals surface area (Å²) in [6.07, 6.45) is -2.71. The highest BCUT2D eigenvalue weighted by Gasteiger charge is 2.59. The van der Waals surface area contributed by atoms with Gasteiger partial charge < -0.3 is 15.5 Å². The first-order valence-corrected chi connectivity index (χ1v) is 6.64. The van der Waals surface area contributed by atoms with Crippen LogP contribution in [0.5, 0.6) is 0 Å². The van der Waals surface area contributed by atoms with Gasteiger partial charge in [0.25, 0.3) is 0 Å².